The summed E-state index contributed by atoms with van der Waals surface area (Å²) in [7, 11) is 0. The molecule has 0 saturated heterocycles. The molecule has 0 aliphatic carbocycles. The molecule has 6 heteroatoms. The molecule has 0 saturated carbocycles. The summed E-state index contributed by atoms with van der Waals surface area (Å²) in [6, 6.07) is 7.75. The number of amides is 1. The van der Waals surface area contributed by atoms with E-state index >= 15 is 0 Å². The fourth-order valence-corrected chi connectivity index (χ4v) is 3.09. The second kappa shape index (κ2) is 9.03. The molecule has 0 bridgehead atoms. The minimum Gasteiger partial charge on any atom is -0.491 e. The maximum Gasteiger partial charge on any atom is 0.256 e. The average Bonchev–Trinajstić information content (AvgIpc) is 2.59. The number of hydrogen-bond acceptors (Lipinski definition) is 5. The zero-order valence-corrected chi connectivity index (χ0v) is 17.1. The van der Waals surface area contributed by atoms with Crippen molar-refractivity contribution in [1.82, 2.24) is 15.3 Å². The average molecular weight is 374 g/mol. The summed E-state index contributed by atoms with van der Waals surface area (Å²) in [6.45, 7) is 10.4. The molecule has 0 aliphatic rings. The molecule has 1 N–H and O–H groups in total. The first-order chi connectivity index (χ1) is 12.3. The first-order valence-corrected chi connectivity index (χ1v) is 10.0. The van der Waals surface area contributed by atoms with Crippen molar-refractivity contribution >= 4 is 17.7 Å². The van der Waals surface area contributed by atoms with Gasteiger partial charge in [-0.1, -0.05) is 26.0 Å². The van der Waals surface area contributed by atoms with E-state index in [1.165, 1.54) is 11.8 Å². The summed E-state index contributed by atoms with van der Waals surface area (Å²) in [5.41, 5.74) is 2.28. The van der Waals surface area contributed by atoms with Gasteiger partial charge in [-0.15, -0.1) is 11.8 Å². The van der Waals surface area contributed by atoms with Crippen LogP contribution in [0.4, 0.5) is 0 Å². The molecule has 0 spiro atoms. The standard InChI is InChI=1S/C20H27N3O2S/c1-12(2)18-22-14(5)17(20(23-18)26-6)19(24)21-11-15-7-9-16(10-8-15)25-13(3)4/h7-10,12-13H,11H2,1-6H3,(H,21,24). The number of carbonyl (C=O) groups excluding carboxylic acids is 1. The second-order valence-corrected chi connectivity index (χ2v) is 7.49. The molecular weight excluding hydrogens is 346 g/mol. The van der Waals surface area contributed by atoms with E-state index < -0.39 is 0 Å². The van der Waals surface area contributed by atoms with E-state index in [1.807, 2.05) is 65.1 Å². The van der Waals surface area contributed by atoms with Crippen LogP contribution in [0.5, 0.6) is 5.75 Å². The third kappa shape index (κ3) is 5.21. The molecule has 140 valence electrons. The van der Waals surface area contributed by atoms with Crippen LogP contribution in [0, 0.1) is 6.92 Å². The number of nitrogens with zero attached hydrogens (tertiary/aromatic N) is 2. The maximum atomic E-state index is 12.7. The van der Waals surface area contributed by atoms with Crippen LogP contribution < -0.4 is 10.1 Å². The van der Waals surface area contributed by atoms with Gasteiger partial charge in [0.25, 0.3) is 5.91 Å². The molecule has 2 aromatic rings. The lowest BCUT2D eigenvalue weighted by Gasteiger charge is -2.14. The smallest absolute Gasteiger partial charge is 0.256 e. The van der Waals surface area contributed by atoms with Gasteiger partial charge in [-0.2, -0.15) is 0 Å². The second-order valence-electron chi connectivity index (χ2n) is 6.70. The van der Waals surface area contributed by atoms with Crippen molar-refractivity contribution < 1.29 is 9.53 Å². The number of nitrogens with one attached hydrogen (secondary N) is 1. The zero-order valence-electron chi connectivity index (χ0n) is 16.3. The van der Waals surface area contributed by atoms with Crippen LogP contribution in [0.25, 0.3) is 0 Å². The van der Waals surface area contributed by atoms with Crippen LogP contribution >= 0.6 is 11.8 Å². The third-order valence-electron chi connectivity index (χ3n) is 3.76. The lowest BCUT2D eigenvalue weighted by molar-refractivity contribution is 0.0946. The van der Waals surface area contributed by atoms with Gasteiger partial charge in [-0.25, -0.2) is 9.97 Å². The van der Waals surface area contributed by atoms with Crippen LogP contribution in [0.2, 0.25) is 0 Å². The van der Waals surface area contributed by atoms with E-state index in [0.717, 1.165) is 22.2 Å². The Balaban J connectivity index is 2.10. The molecule has 0 fully saturated rings. The molecule has 0 atom stereocenters. The SMILES string of the molecule is CSc1nc(C(C)C)nc(C)c1C(=O)NCc1ccc(OC(C)C)cc1. The summed E-state index contributed by atoms with van der Waals surface area (Å²) in [6.07, 6.45) is 2.07. The zero-order chi connectivity index (χ0) is 19.3. The van der Waals surface area contributed by atoms with Gasteiger partial charge in [0, 0.05) is 12.5 Å². The van der Waals surface area contributed by atoms with Gasteiger partial charge in [0.05, 0.1) is 17.4 Å². The molecule has 2 rings (SSSR count). The van der Waals surface area contributed by atoms with E-state index in [1.54, 1.807) is 0 Å². The lowest BCUT2D eigenvalue weighted by Crippen LogP contribution is -2.25. The van der Waals surface area contributed by atoms with Crippen LogP contribution in [0.1, 0.15) is 61.1 Å². The Hall–Kier alpha value is -2.08. The molecule has 0 aliphatic heterocycles. The summed E-state index contributed by atoms with van der Waals surface area (Å²) in [5.74, 6) is 1.67. The molecule has 1 aromatic heterocycles. The maximum absolute atomic E-state index is 12.7. The highest BCUT2D eigenvalue weighted by Gasteiger charge is 2.19. The quantitative estimate of drug-likeness (QED) is 0.577. The highest BCUT2D eigenvalue weighted by molar-refractivity contribution is 7.98. The number of aryl methyl sites for hydroxylation is 1. The van der Waals surface area contributed by atoms with Crippen molar-refractivity contribution in [3.63, 3.8) is 0 Å². The largest absolute Gasteiger partial charge is 0.491 e. The predicted molar refractivity (Wildman–Crippen MR) is 106 cm³/mol. The summed E-state index contributed by atoms with van der Waals surface area (Å²) in [4.78, 5) is 21.7. The Labute approximate surface area is 160 Å². The number of benzene rings is 1. The van der Waals surface area contributed by atoms with E-state index in [9.17, 15) is 4.79 Å². The Morgan fingerprint density at radius 3 is 2.35 bits per heavy atom. The van der Waals surface area contributed by atoms with Crippen LogP contribution in [-0.2, 0) is 6.54 Å². The third-order valence-corrected chi connectivity index (χ3v) is 4.44. The molecule has 0 radical (unpaired) electrons. The van der Waals surface area contributed by atoms with Gasteiger partial charge in [-0.3, -0.25) is 4.79 Å². The molecular formula is C20H27N3O2S. The predicted octanol–water partition coefficient (Wildman–Crippen LogP) is 4.35. The van der Waals surface area contributed by atoms with Gasteiger partial charge in [0.15, 0.2) is 0 Å². The van der Waals surface area contributed by atoms with E-state index in [4.69, 9.17) is 4.74 Å². The van der Waals surface area contributed by atoms with Crippen molar-refractivity contribution in [2.45, 2.75) is 58.2 Å². The van der Waals surface area contributed by atoms with Gasteiger partial charge in [0.2, 0.25) is 0 Å². The van der Waals surface area contributed by atoms with Crippen molar-refractivity contribution in [3.05, 3.63) is 46.9 Å². The van der Waals surface area contributed by atoms with Gasteiger partial charge < -0.3 is 10.1 Å². The number of rotatable bonds is 7. The van der Waals surface area contributed by atoms with Crippen molar-refractivity contribution in [2.24, 2.45) is 0 Å². The Morgan fingerprint density at radius 1 is 1.15 bits per heavy atom. The number of carbonyl (C=O) groups is 1. The molecule has 1 heterocycles. The van der Waals surface area contributed by atoms with Crippen molar-refractivity contribution in [3.8, 4) is 5.75 Å². The fraction of sp³-hybridized carbons (Fsp3) is 0.450. The molecule has 26 heavy (non-hydrogen) atoms. The lowest BCUT2D eigenvalue weighted by atomic mass is 10.1. The highest BCUT2D eigenvalue weighted by Crippen LogP contribution is 2.23. The van der Waals surface area contributed by atoms with E-state index in [2.05, 4.69) is 15.3 Å². The van der Waals surface area contributed by atoms with Crippen molar-refractivity contribution in [1.29, 1.82) is 0 Å². The minimum absolute atomic E-state index is 0.141. The molecule has 1 aromatic carbocycles. The number of hydrogen-bond donors (Lipinski definition) is 1. The van der Waals surface area contributed by atoms with Crippen molar-refractivity contribution in [2.75, 3.05) is 6.26 Å². The molecule has 1 amide bonds. The van der Waals surface area contributed by atoms with Crippen LogP contribution in [-0.4, -0.2) is 28.2 Å². The first-order valence-electron chi connectivity index (χ1n) is 8.78. The molecule has 5 nitrogen and oxygen atoms in total. The Morgan fingerprint density at radius 2 is 1.81 bits per heavy atom. The van der Waals surface area contributed by atoms with Crippen LogP contribution in [0.15, 0.2) is 29.3 Å². The monoisotopic (exact) mass is 373 g/mol. The highest BCUT2D eigenvalue weighted by atomic mass is 32.2. The Bertz CT molecular complexity index is 758. The summed E-state index contributed by atoms with van der Waals surface area (Å²) >= 11 is 1.47. The number of thioether (sulfide) groups is 1. The van der Waals surface area contributed by atoms with E-state index in [-0.39, 0.29) is 17.9 Å². The molecule has 0 unspecified atom stereocenters. The normalized spacial score (nSPS) is 11.1. The topological polar surface area (TPSA) is 64.1 Å². The van der Waals surface area contributed by atoms with E-state index in [0.29, 0.717) is 17.8 Å². The first kappa shape index (κ1) is 20.2. The Kier molecular flexibility index (Phi) is 7.03. The summed E-state index contributed by atoms with van der Waals surface area (Å²) < 4.78 is 5.63. The van der Waals surface area contributed by atoms with Gasteiger partial charge >= 0.3 is 0 Å². The van der Waals surface area contributed by atoms with Gasteiger partial charge in [-0.05, 0) is 44.7 Å². The summed E-state index contributed by atoms with van der Waals surface area (Å²) in [5, 5.41) is 3.69. The fourth-order valence-electron chi connectivity index (χ4n) is 2.46. The van der Waals surface area contributed by atoms with Gasteiger partial charge in [0.1, 0.15) is 16.6 Å². The number of aromatic nitrogens is 2. The minimum atomic E-state index is -0.148. The van der Waals surface area contributed by atoms with Crippen LogP contribution in [0.3, 0.4) is 0 Å². The number of ether oxygens (including phenoxy) is 1.